The molecule has 1 atom stereocenters. The van der Waals surface area contributed by atoms with E-state index in [1.165, 1.54) is 6.20 Å². The number of hydrogen-bond donors (Lipinski definition) is 2. The maximum Gasteiger partial charge on any atom is 0.230 e. The number of carbonyl (C=O) groups is 1. The maximum atomic E-state index is 13.1. The molecule has 0 saturated carbocycles. The van der Waals surface area contributed by atoms with Crippen molar-refractivity contribution in [2.45, 2.75) is 30.6 Å². The van der Waals surface area contributed by atoms with Gasteiger partial charge in [0.1, 0.15) is 10.6 Å². The molecule has 0 radical (unpaired) electrons. The van der Waals surface area contributed by atoms with Crippen LogP contribution in [-0.4, -0.2) is 65.7 Å². The Morgan fingerprint density at radius 2 is 2.00 bits per heavy atom. The predicted octanol–water partition coefficient (Wildman–Crippen LogP) is 2.89. The zero-order chi connectivity index (χ0) is 24.9. The van der Waals surface area contributed by atoms with Crippen LogP contribution < -0.4 is 10.6 Å². The normalized spacial score (nSPS) is 23.1. The molecule has 1 amide bonds. The number of fused-ring (bicyclic) bond motifs is 1. The summed E-state index contributed by atoms with van der Waals surface area (Å²) in [6.07, 6.45) is 5.80. The van der Waals surface area contributed by atoms with Gasteiger partial charge in [-0.25, -0.2) is 18.4 Å². The number of imidazole rings is 1. The Kier molecular flexibility index (Phi) is 6.02. The van der Waals surface area contributed by atoms with Gasteiger partial charge in [-0.2, -0.15) is 0 Å². The Morgan fingerprint density at radius 3 is 2.75 bits per heavy atom. The highest BCUT2D eigenvalue weighted by atomic mass is 35.5. The molecule has 1 spiro atoms. The van der Waals surface area contributed by atoms with Crippen LogP contribution in [0.4, 0.5) is 5.82 Å². The third-order valence-corrected chi connectivity index (χ3v) is 10.8. The highest BCUT2D eigenvalue weighted by molar-refractivity contribution is 7.93. The molecule has 0 bridgehead atoms. The molecular weight excluding hydrogens is 502 g/mol. The van der Waals surface area contributed by atoms with E-state index in [1.54, 1.807) is 6.07 Å². The lowest BCUT2D eigenvalue weighted by Crippen LogP contribution is -2.67. The van der Waals surface area contributed by atoms with Gasteiger partial charge in [0, 0.05) is 44.6 Å². The molecule has 3 aliphatic rings. The maximum absolute atomic E-state index is 13.1. The monoisotopic (exact) mass is 529 g/mol. The Bertz CT molecular complexity index is 1430. The second kappa shape index (κ2) is 9.09. The van der Waals surface area contributed by atoms with E-state index in [0.29, 0.717) is 36.3 Å². The van der Waals surface area contributed by atoms with E-state index in [9.17, 15) is 13.2 Å². The summed E-state index contributed by atoms with van der Waals surface area (Å²) in [4.78, 5) is 22.0. The summed E-state index contributed by atoms with van der Waals surface area (Å²) < 4.78 is 31.8. The van der Waals surface area contributed by atoms with Gasteiger partial charge in [-0.05, 0) is 48.9 Å². The fraction of sp³-hybridized carbons (Fsp3) is 0.480. The van der Waals surface area contributed by atoms with Gasteiger partial charge in [-0.3, -0.25) is 4.79 Å². The summed E-state index contributed by atoms with van der Waals surface area (Å²) in [5, 5.41) is 6.34. The van der Waals surface area contributed by atoms with Crippen LogP contribution in [0.3, 0.4) is 0 Å². The van der Waals surface area contributed by atoms with Gasteiger partial charge in [0.2, 0.25) is 5.91 Å². The van der Waals surface area contributed by atoms with Crippen LogP contribution in [0.5, 0.6) is 0 Å². The minimum absolute atomic E-state index is 0.0354. The van der Waals surface area contributed by atoms with Gasteiger partial charge < -0.3 is 19.9 Å². The van der Waals surface area contributed by atoms with E-state index in [2.05, 4.69) is 31.2 Å². The highest BCUT2D eigenvalue weighted by Gasteiger charge is 2.61. The van der Waals surface area contributed by atoms with Crippen LogP contribution in [0.1, 0.15) is 19.3 Å². The quantitative estimate of drug-likeness (QED) is 0.522. The Balaban J connectivity index is 1.26. The Labute approximate surface area is 214 Å². The molecule has 36 heavy (non-hydrogen) atoms. The molecule has 2 aromatic heterocycles. The third kappa shape index (κ3) is 4.00. The average molecular weight is 530 g/mol. The average Bonchev–Trinajstić information content (AvgIpc) is 3.37. The van der Waals surface area contributed by atoms with Crippen LogP contribution in [0.2, 0.25) is 5.02 Å². The number of rotatable bonds is 5. The molecule has 2 N–H and O–H groups in total. The number of amides is 1. The molecule has 9 nitrogen and oxygen atoms in total. The molecule has 1 aromatic carbocycles. The first-order chi connectivity index (χ1) is 17.4. The van der Waals surface area contributed by atoms with Gasteiger partial charge in [-0.1, -0.05) is 17.7 Å². The Hall–Kier alpha value is -2.53. The number of aromatic nitrogens is 3. The number of pyridine rings is 1. The van der Waals surface area contributed by atoms with E-state index >= 15 is 0 Å². The summed E-state index contributed by atoms with van der Waals surface area (Å²) >= 11 is 6.53. The van der Waals surface area contributed by atoms with Gasteiger partial charge in [0.15, 0.2) is 9.84 Å². The van der Waals surface area contributed by atoms with E-state index in [4.69, 9.17) is 16.3 Å². The van der Waals surface area contributed by atoms with Crippen molar-refractivity contribution in [2.75, 3.05) is 37.4 Å². The topological polar surface area (TPSA) is 115 Å². The van der Waals surface area contributed by atoms with Crippen molar-refractivity contribution in [3.63, 3.8) is 0 Å². The minimum Gasteiger partial charge on any atom is -0.381 e. The fourth-order valence-electron chi connectivity index (χ4n) is 5.68. The highest BCUT2D eigenvalue weighted by Crippen LogP contribution is 2.41. The zero-order valence-electron chi connectivity index (χ0n) is 19.7. The molecule has 190 valence electrons. The van der Waals surface area contributed by atoms with Crippen LogP contribution in [0.25, 0.3) is 22.2 Å². The summed E-state index contributed by atoms with van der Waals surface area (Å²) in [6, 6.07) is 7.74. The number of halogens is 1. The summed E-state index contributed by atoms with van der Waals surface area (Å²) in [6.45, 7) is 3.11. The first-order valence-corrected chi connectivity index (χ1v) is 14.3. The first-order valence-electron chi connectivity index (χ1n) is 12.3. The predicted molar refractivity (Wildman–Crippen MR) is 138 cm³/mol. The van der Waals surface area contributed by atoms with Crippen LogP contribution in [0.15, 0.2) is 36.8 Å². The summed E-state index contributed by atoms with van der Waals surface area (Å²) in [5.41, 5.74) is 3.56. The number of hydrogen-bond acceptors (Lipinski definition) is 7. The second-order valence-corrected chi connectivity index (χ2v) is 12.9. The lowest BCUT2D eigenvalue weighted by atomic mass is 9.84. The van der Waals surface area contributed by atoms with Crippen molar-refractivity contribution in [3.05, 3.63) is 41.8 Å². The number of nitrogens with one attached hydrogen (secondary N) is 2. The van der Waals surface area contributed by atoms with Gasteiger partial charge in [0.25, 0.3) is 0 Å². The molecule has 3 aromatic rings. The number of benzene rings is 1. The molecule has 0 aliphatic carbocycles. The van der Waals surface area contributed by atoms with Crippen molar-refractivity contribution >= 4 is 44.2 Å². The van der Waals surface area contributed by atoms with Gasteiger partial charge in [0.05, 0.1) is 34.1 Å². The van der Waals surface area contributed by atoms with Crippen molar-refractivity contribution in [2.24, 2.45) is 11.8 Å². The van der Waals surface area contributed by atoms with Crippen LogP contribution in [-0.2, 0) is 25.9 Å². The van der Waals surface area contributed by atoms with E-state index in [-0.39, 0.29) is 11.7 Å². The number of anilines is 1. The van der Waals surface area contributed by atoms with Crippen molar-refractivity contribution < 1.29 is 17.9 Å². The molecule has 1 unspecified atom stereocenters. The van der Waals surface area contributed by atoms with Crippen molar-refractivity contribution in [1.29, 1.82) is 0 Å². The van der Waals surface area contributed by atoms with Crippen molar-refractivity contribution in [3.8, 4) is 11.1 Å². The molecular formula is C25H28ClN5O4S. The first kappa shape index (κ1) is 23.8. The van der Waals surface area contributed by atoms with Crippen molar-refractivity contribution in [1.82, 2.24) is 19.9 Å². The molecule has 6 rings (SSSR count). The summed E-state index contributed by atoms with van der Waals surface area (Å²) in [5.74, 6) is 0.0266. The molecule has 5 heterocycles. The molecule has 11 heteroatoms. The van der Waals surface area contributed by atoms with E-state index in [0.717, 1.165) is 54.8 Å². The number of carbonyl (C=O) groups excluding carboxylic acids is 1. The summed E-state index contributed by atoms with van der Waals surface area (Å²) in [7, 11) is -3.30. The molecule has 3 saturated heterocycles. The van der Waals surface area contributed by atoms with Crippen LogP contribution >= 0.6 is 11.6 Å². The smallest absolute Gasteiger partial charge is 0.230 e. The van der Waals surface area contributed by atoms with Gasteiger partial charge in [-0.15, -0.1) is 0 Å². The van der Waals surface area contributed by atoms with Crippen LogP contribution in [0, 0.1) is 11.8 Å². The number of ether oxygens (including phenoxy) is 1. The molecule has 3 fully saturated rings. The number of sulfone groups is 1. The fourth-order valence-corrected chi connectivity index (χ4v) is 8.15. The zero-order valence-corrected chi connectivity index (χ0v) is 21.3. The SMILES string of the molecule is O=C(Nc1cc(-c2ccc3ncn(CC4CCOCC4)c3c2)c(Cl)cn1)C1CCS(=O)(=O)C12CNC2. The molecule has 3 aliphatic heterocycles. The minimum atomic E-state index is -3.30. The second-order valence-electron chi connectivity index (χ2n) is 10.0. The lowest BCUT2D eigenvalue weighted by Gasteiger charge is -2.41. The van der Waals surface area contributed by atoms with E-state index in [1.807, 2.05) is 18.5 Å². The third-order valence-electron chi connectivity index (χ3n) is 7.93. The van der Waals surface area contributed by atoms with E-state index < -0.39 is 20.5 Å². The number of nitrogens with zero attached hydrogens (tertiary/aromatic N) is 3. The largest absolute Gasteiger partial charge is 0.381 e. The lowest BCUT2D eigenvalue weighted by molar-refractivity contribution is -0.121. The van der Waals surface area contributed by atoms with Gasteiger partial charge >= 0.3 is 0 Å². The standard InChI is InChI=1S/C25H28ClN5O4S/c26-20-11-28-23(30-24(32)19-5-8-36(33,34)25(19)13-27-14-25)10-18(20)17-1-2-21-22(9-17)31(15-29-21)12-16-3-6-35-7-4-16/h1-2,9-11,15-16,19,27H,3-8,12-14H2,(H,28,30,32). The Morgan fingerprint density at radius 1 is 1.19 bits per heavy atom.